The predicted octanol–water partition coefficient (Wildman–Crippen LogP) is 2.98. The van der Waals surface area contributed by atoms with Crippen molar-refractivity contribution in [1.29, 1.82) is 0 Å². The second kappa shape index (κ2) is 6.92. The van der Waals surface area contributed by atoms with Crippen LogP contribution in [0, 0.1) is 0 Å². The van der Waals surface area contributed by atoms with Crippen LogP contribution in [0.1, 0.15) is 18.4 Å². The zero-order valence-electron chi connectivity index (χ0n) is 15.4. The van der Waals surface area contributed by atoms with Crippen LogP contribution in [-0.4, -0.2) is 49.1 Å². The van der Waals surface area contributed by atoms with Crippen molar-refractivity contribution >= 4 is 16.8 Å². The monoisotopic (exact) mass is 372 g/mol. The Labute approximate surface area is 162 Å². The van der Waals surface area contributed by atoms with Crippen LogP contribution in [0.15, 0.2) is 54.7 Å². The van der Waals surface area contributed by atoms with Gasteiger partial charge in [-0.2, -0.15) is 5.10 Å². The van der Waals surface area contributed by atoms with Crippen LogP contribution in [0.25, 0.3) is 28.0 Å². The highest BCUT2D eigenvalue weighted by molar-refractivity contribution is 5.91. The summed E-state index contributed by atoms with van der Waals surface area (Å²) in [4.78, 5) is 14.4. The van der Waals surface area contributed by atoms with E-state index in [4.69, 9.17) is 0 Å². The standard InChI is InChI=1S/C21H20N6O/c28-20(26-10-3-4-11-26)13-15-6-5-7-16(12-15)27-14-19(23-25-27)21-17-8-1-2-9-18(17)22-24-21/h1-2,5-9,12,14H,3-4,10-11,13H2,(H,22,24). The van der Waals surface area contributed by atoms with Crippen molar-refractivity contribution in [2.45, 2.75) is 19.3 Å². The van der Waals surface area contributed by atoms with Gasteiger partial charge in [0.15, 0.2) is 0 Å². The number of H-pyrrole nitrogens is 1. The van der Waals surface area contributed by atoms with E-state index in [1.165, 1.54) is 0 Å². The Hall–Kier alpha value is -3.48. The summed E-state index contributed by atoms with van der Waals surface area (Å²) in [5, 5.41) is 17.0. The number of nitrogens with one attached hydrogen (secondary N) is 1. The van der Waals surface area contributed by atoms with Gasteiger partial charge in [0.25, 0.3) is 0 Å². The molecular formula is C21H20N6O. The fraction of sp³-hybridized carbons (Fsp3) is 0.238. The number of likely N-dealkylation sites (tertiary alicyclic amines) is 1. The van der Waals surface area contributed by atoms with E-state index in [0.29, 0.717) is 12.1 Å². The van der Waals surface area contributed by atoms with Crippen molar-refractivity contribution < 1.29 is 4.79 Å². The van der Waals surface area contributed by atoms with Gasteiger partial charge in [-0.1, -0.05) is 35.5 Å². The van der Waals surface area contributed by atoms with Crippen molar-refractivity contribution in [3.05, 3.63) is 60.3 Å². The highest BCUT2D eigenvalue weighted by atomic mass is 16.2. The molecule has 0 radical (unpaired) electrons. The van der Waals surface area contributed by atoms with Crippen molar-refractivity contribution in [1.82, 2.24) is 30.1 Å². The maximum atomic E-state index is 12.4. The second-order valence-corrected chi connectivity index (χ2v) is 7.10. The Morgan fingerprint density at radius 3 is 2.82 bits per heavy atom. The third-order valence-electron chi connectivity index (χ3n) is 5.20. The summed E-state index contributed by atoms with van der Waals surface area (Å²) in [6.45, 7) is 1.76. The maximum absolute atomic E-state index is 12.4. The average Bonchev–Trinajstić information content (AvgIpc) is 3.47. The van der Waals surface area contributed by atoms with E-state index in [-0.39, 0.29) is 5.91 Å². The fourth-order valence-electron chi connectivity index (χ4n) is 3.72. The van der Waals surface area contributed by atoms with Gasteiger partial charge in [0, 0.05) is 18.5 Å². The number of aromatic nitrogens is 5. The molecule has 1 amide bonds. The SMILES string of the molecule is O=C(Cc1cccc(-n2cc(-c3n[nH]c4ccccc34)nn2)c1)N1CCCC1. The van der Waals surface area contributed by atoms with Crippen LogP contribution < -0.4 is 0 Å². The van der Waals surface area contributed by atoms with Gasteiger partial charge in [0.05, 0.1) is 23.8 Å². The number of rotatable bonds is 4. The molecule has 0 aliphatic carbocycles. The first-order valence-electron chi connectivity index (χ1n) is 9.51. The highest BCUT2D eigenvalue weighted by Gasteiger charge is 2.18. The Morgan fingerprint density at radius 1 is 1.07 bits per heavy atom. The zero-order chi connectivity index (χ0) is 18.9. The summed E-state index contributed by atoms with van der Waals surface area (Å²) < 4.78 is 1.72. The molecule has 2 aromatic carbocycles. The van der Waals surface area contributed by atoms with E-state index in [1.54, 1.807) is 4.68 Å². The molecule has 0 atom stereocenters. The zero-order valence-corrected chi connectivity index (χ0v) is 15.4. The largest absolute Gasteiger partial charge is 0.342 e. The van der Waals surface area contributed by atoms with Crippen molar-refractivity contribution in [3.8, 4) is 17.1 Å². The summed E-state index contributed by atoms with van der Waals surface area (Å²) in [6.07, 6.45) is 4.49. The molecule has 0 saturated carbocycles. The molecule has 7 heteroatoms. The van der Waals surface area contributed by atoms with Gasteiger partial charge in [-0.05, 0) is 36.6 Å². The molecule has 0 spiro atoms. The predicted molar refractivity (Wildman–Crippen MR) is 106 cm³/mol. The van der Waals surface area contributed by atoms with E-state index in [0.717, 1.165) is 53.8 Å². The molecule has 1 aliphatic heterocycles. The van der Waals surface area contributed by atoms with Gasteiger partial charge in [0.1, 0.15) is 11.4 Å². The van der Waals surface area contributed by atoms with E-state index in [9.17, 15) is 4.79 Å². The fourth-order valence-corrected chi connectivity index (χ4v) is 3.72. The molecule has 1 fully saturated rings. The van der Waals surface area contributed by atoms with E-state index >= 15 is 0 Å². The minimum Gasteiger partial charge on any atom is -0.342 e. The van der Waals surface area contributed by atoms with Crippen LogP contribution in [0.3, 0.4) is 0 Å². The van der Waals surface area contributed by atoms with Gasteiger partial charge >= 0.3 is 0 Å². The number of benzene rings is 2. The molecule has 1 N–H and O–H groups in total. The summed E-state index contributed by atoms with van der Waals surface area (Å²) in [6, 6.07) is 15.8. The normalized spacial score (nSPS) is 14.1. The second-order valence-electron chi connectivity index (χ2n) is 7.10. The minimum atomic E-state index is 0.192. The van der Waals surface area contributed by atoms with Crippen molar-refractivity contribution in [2.75, 3.05) is 13.1 Å². The van der Waals surface area contributed by atoms with E-state index < -0.39 is 0 Å². The van der Waals surface area contributed by atoms with Crippen LogP contribution in [-0.2, 0) is 11.2 Å². The molecule has 4 aromatic rings. The summed E-state index contributed by atoms with van der Waals surface area (Å²) in [5.41, 5.74) is 4.31. The number of carbonyl (C=O) groups is 1. The lowest BCUT2D eigenvalue weighted by molar-refractivity contribution is -0.129. The number of para-hydroxylation sites is 1. The first kappa shape index (κ1) is 16.7. The molecule has 28 heavy (non-hydrogen) atoms. The molecule has 5 rings (SSSR count). The van der Waals surface area contributed by atoms with Crippen LogP contribution >= 0.6 is 0 Å². The summed E-state index contributed by atoms with van der Waals surface area (Å²) >= 11 is 0. The highest BCUT2D eigenvalue weighted by Crippen LogP contribution is 2.24. The summed E-state index contributed by atoms with van der Waals surface area (Å²) in [5.74, 6) is 0.192. The molecule has 2 aromatic heterocycles. The molecule has 7 nitrogen and oxygen atoms in total. The number of carbonyl (C=O) groups excluding carboxylic acids is 1. The molecular weight excluding hydrogens is 352 g/mol. The van der Waals surface area contributed by atoms with Gasteiger partial charge in [-0.25, -0.2) is 4.68 Å². The first-order chi connectivity index (χ1) is 13.8. The topological polar surface area (TPSA) is 79.7 Å². The van der Waals surface area contributed by atoms with E-state index in [1.807, 2.05) is 59.6 Å². The molecule has 140 valence electrons. The van der Waals surface area contributed by atoms with Crippen molar-refractivity contribution in [2.24, 2.45) is 0 Å². The number of hydrogen-bond donors (Lipinski definition) is 1. The van der Waals surface area contributed by atoms with Crippen LogP contribution in [0.4, 0.5) is 0 Å². The molecule has 1 aliphatic rings. The summed E-state index contributed by atoms with van der Waals surface area (Å²) in [7, 11) is 0. The van der Waals surface area contributed by atoms with Crippen molar-refractivity contribution in [3.63, 3.8) is 0 Å². The average molecular weight is 372 g/mol. The van der Waals surface area contributed by atoms with Gasteiger partial charge in [-0.3, -0.25) is 9.89 Å². The third-order valence-corrected chi connectivity index (χ3v) is 5.20. The molecule has 0 bridgehead atoms. The number of amides is 1. The Morgan fingerprint density at radius 2 is 1.93 bits per heavy atom. The Balaban J connectivity index is 1.40. The number of hydrogen-bond acceptors (Lipinski definition) is 4. The molecule has 1 saturated heterocycles. The quantitative estimate of drug-likeness (QED) is 0.597. The molecule has 0 unspecified atom stereocenters. The van der Waals surface area contributed by atoms with Gasteiger partial charge in [-0.15, -0.1) is 5.10 Å². The Bertz CT molecular complexity index is 1140. The number of nitrogens with zero attached hydrogens (tertiary/aromatic N) is 5. The smallest absolute Gasteiger partial charge is 0.226 e. The minimum absolute atomic E-state index is 0.192. The molecule has 3 heterocycles. The lowest BCUT2D eigenvalue weighted by Crippen LogP contribution is -2.29. The number of aromatic amines is 1. The lowest BCUT2D eigenvalue weighted by atomic mass is 10.1. The van der Waals surface area contributed by atoms with Crippen LogP contribution in [0.5, 0.6) is 0 Å². The maximum Gasteiger partial charge on any atom is 0.226 e. The van der Waals surface area contributed by atoms with Crippen LogP contribution in [0.2, 0.25) is 0 Å². The Kier molecular flexibility index (Phi) is 4.12. The third kappa shape index (κ3) is 3.05. The van der Waals surface area contributed by atoms with E-state index in [2.05, 4.69) is 20.5 Å². The van der Waals surface area contributed by atoms with Gasteiger partial charge in [0.2, 0.25) is 5.91 Å². The number of fused-ring (bicyclic) bond motifs is 1. The first-order valence-corrected chi connectivity index (χ1v) is 9.51. The van der Waals surface area contributed by atoms with Gasteiger partial charge < -0.3 is 4.90 Å². The lowest BCUT2D eigenvalue weighted by Gasteiger charge is -2.15.